The second-order valence-electron chi connectivity index (χ2n) is 7.88. The van der Waals surface area contributed by atoms with Crippen molar-refractivity contribution < 1.29 is 9.21 Å². The fourth-order valence-electron chi connectivity index (χ4n) is 4.12. The minimum atomic E-state index is -0.683. The number of aryl methyl sites for hydroxylation is 3. The van der Waals surface area contributed by atoms with Crippen LogP contribution in [0.25, 0.3) is 11.0 Å². The maximum atomic E-state index is 13.6. The smallest absolute Gasteiger partial charge is 0.296 e. The van der Waals surface area contributed by atoms with Crippen molar-refractivity contribution >= 4 is 34.3 Å². The van der Waals surface area contributed by atoms with Crippen LogP contribution in [-0.2, 0) is 0 Å². The largest absolute Gasteiger partial charge is 0.450 e. The number of carbonyl (C=O) groups excluding carboxylic acids is 1. The fraction of sp³-hybridized carbons (Fsp3) is 0.160. The highest BCUT2D eigenvalue weighted by atomic mass is 35.5. The van der Waals surface area contributed by atoms with E-state index in [-0.39, 0.29) is 11.2 Å². The zero-order chi connectivity index (χ0) is 21.9. The number of anilines is 1. The first-order chi connectivity index (χ1) is 14.8. The minimum absolute atomic E-state index is 0.0500. The number of fused-ring (bicyclic) bond motifs is 2. The molecule has 5 nitrogen and oxygen atoms in total. The summed E-state index contributed by atoms with van der Waals surface area (Å²) in [6, 6.07) is 15.6. The Morgan fingerprint density at radius 3 is 2.45 bits per heavy atom. The Labute approximate surface area is 183 Å². The molecule has 3 heterocycles. The van der Waals surface area contributed by atoms with Gasteiger partial charge < -0.3 is 4.42 Å². The quantitative estimate of drug-likeness (QED) is 0.420. The molecule has 6 heteroatoms. The lowest BCUT2D eigenvalue weighted by Crippen LogP contribution is -2.30. The van der Waals surface area contributed by atoms with E-state index in [0.717, 1.165) is 22.4 Å². The van der Waals surface area contributed by atoms with Crippen molar-refractivity contribution in [3.63, 3.8) is 0 Å². The Hall–Kier alpha value is -3.44. The van der Waals surface area contributed by atoms with E-state index in [0.29, 0.717) is 27.4 Å². The van der Waals surface area contributed by atoms with Gasteiger partial charge in [-0.25, -0.2) is 4.98 Å². The van der Waals surface area contributed by atoms with Crippen LogP contribution in [-0.4, -0.2) is 10.9 Å². The molecule has 0 N–H and O–H groups in total. The molecule has 0 bridgehead atoms. The van der Waals surface area contributed by atoms with Gasteiger partial charge in [-0.05, 0) is 73.9 Å². The monoisotopic (exact) mass is 430 g/mol. The van der Waals surface area contributed by atoms with E-state index in [2.05, 4.69) is 4.98 Å². The minimum Gasteiger partial charge on any atom is -0.450 e. The summed E-state index contributed by atoms with van der Waals surface area (Å²) in [5.41, 5.74) is 3.97. The van der Waals surface area contributed by atoms with Crippen LogP contribution in [0.15, 0.2) is 63.8 Å². The molecular weight excluding hydrogens is 412 g/mol. The third-order valence-electron chi connectivity index (χ3n) is 5.77. The van der Waals surface area contributed by atoms with Gasteiger partial charge >= 0.3 is 0 Å². The maximum Gasteiger partial charge on any atom is 0.296 e. The number of nitrogens with zero attached hydrogens (tertiary/aromatic N) is 2. The summed E-state index contributed by atoms with van der Waals surface area (Å²) in [6.07, 6.45) is 0. The summed E-state index contributed by atoms with van der Waals surface area (Å²) in [5, 5.41) is 0.980. The Morgan fingerprint density at radius 2 is 1.71 bits per heavy atom. The summed E-state index contributed by atoms with van der Waals surface area (Å²) >= 11 is 6.26. The molecule has 0 fully saturated rings. The van der Waals surface area contributed by atoms with Gasteiger partial charge in [0.05, 0.1) is 17.0 Å². The maximum absolute atomic E-state index is 13.6. The van der Waals surface area contributed by atoms with E-state index < -0.39 is 11.9 Å². The van der Waals surface area contributed by atoms with Crippen LogP contribution in [0.2, 0.25) is 5.02 Å². The van der Waals surface area contributed by atoms with Crippen LogP contribution in [0.5, 0.6) is 0 Å². The molecule has 0 aliphatic carbocycles. The summed E-state index contributed by atoms with van der Waals surface area (Å²) in [7, 11) is 0. The van der Waals surface area contributed by atoms with E-state index in [1.54, 1.807) is 24.3 Å². The van der Waals surface area contributed by atoms with Gasteiger partial charge in [0, 0.05) is 10.7 Å². The highest BCUT2D eigenvalue weighted by Crippen LogP contribution is 2.41. The van der Waals surface area contributed by atoms with Crippen molar-refractivity contribution in [3.05, 3.63) is 104 Å². The average Bonchev–Trinajstić information content (AvgIpc) is 3.02. The molecule has 5 rings (SSSR count). The molecule has 4 aromatic rings. The van der Waals surface area contributed by atoms with Crippen LogP contribution in [0.1, 0.15) is 44.5 Å². The molecule has 31 heavy (non-hydrogen) atoms. The highest BCUT2D eigenvalue weighted by molar-refractivity contribution is 6.30. The van der Waals surface area contributed by atoms with Crippen LogP contribution in [0.4, 0.5) is 5.82 Å². The number of rotatable bonds is 2. The predicted molar refractivity (Wildman–Crippen MR) is 121 cm³/mol. The van der Waals surface area contributed by atoms with Crippen molar-refractivity contribution in [2.24, 2.45) is 0 Å². The molecule has 0 radical (unpaired) electrons. The predicted octanol–water partition coefficient (Wildman–Crippen LogP) is 5.52. The normalized spacial score (nSPS) is 15.5. The summed E-state index contributed by atoms with van der Waals surface area (Å²) in [5.74, 6) is 0.113. The number of hydrogen-bond donors (Lipinski definition) is 0. The Bertz CT molecular complexity index is 1440. The number of halogens is 1. The standard InChI is InChI=1S/C25H19ClN2O3/c1-13-10-18-19(11-14(13)2)31-24-21(23(18)29)22(16-7-5-8-17(26)12-16)28(25(24)30)20-9-4-6-15(3)27-20/h4-12,22H,1-3H3. The van der Waals surface area contributed by atoms with Gasteiger partial charge in [-0.3, -0.25) is 14.5 Å². The topological polar surface area (TPSA) is 63.4 Å². The molecule has 2 aromatic carbocycles. The van der Waals surface area contributed by atoms with E-state index in [9.17, 15) is 9.59 Å². The van der Waals surface area contributed by atoms with Crippen molar-refractivity contribution in [2.75, 3.05) is 4.90 Å². The van der Waals surface area contributed by atoms with Crippen molar-refractivity contribution in [1.82, 2.24) is 4.98 Å². The summed E-state index contributed by atoms with van der Waals surface area (Å²) in [6.45, 7) is 5.75. The van der Waals surface area contributed by atoms with Crippen molar-refractivity contribution in [3.8, 4) is 0 Å². The summed E-state index contributed by atoms with van der Waals surface area (Å²) in [4.78, 5) is 33.3. The third kappa shape index (κ3) is 3.04. The molecule has 1 amide bonds. The highest BCUT2D eigenvalue weighted by Gasteiger charge is 2.44. The molecule has 2 aromatic heterocycles. The molecule has 1 unspecified atom stereocenters. The lowest BCUT2D eigenvalue weighted by molar-refractivity contribution is 0.0970. The van der Waals surface area contributed by atoms with E-state index in [1.165, 1.54) is 4.90 Å². The van der Waals surface area contributed by atoms with Gasteiger partial charge in [-0.15, -0.1) is 0 Å². The van der Waals surface area contributed by atoms with Gasteiger partial charge in [0.2, 0.25) is 5.76 Å². The van der Waals surface area contributed by atoms with Gasteiger partial charge in [-0.1, -0.05) is 29.8 Å². The van der Waals surface area contributed by atoms with Crippen molar-refractivity contribution in [2.45, 2.75) is 26.8 Å². The first kappa shape index (κ1) is 19.5. The summed E-state index contributed by atoms with van der Waals surface area (Å²) < 4.78 is 6.05. The van der Waals surface area contributed by atoms with Crippen LogP contribution in [0, 0.1) is 20.8 Å². The van der Waals surface area contributed by atoms with Crippen LogP contribution < -0.4 is 10.3 Å². The van der Waals surface area contributed by atoms with Crippen LogP contribution in [0.3, 0.4) is 0 Å². The van der Waals surface area contributed by atoms with Gasteiger partial charge in [0.25, 0.3) is 5.91 Å². The second-order valence-corrected chi connectivity index (χ2v) is 8.31. The lowest BCUT2D eigenvalue weighted by Gasteiger charge is -2.24. The molecule has 0 saturated carbocycles. The number of pyridine rings is 1. The molecule has 1 aliphatic rings. The molecule has 0 spiro atoms. The number of benzene rings is 2. The Kier molecular flexibility index (Phi) is 4.45. The molecular formula is C25H19ClN2O3. The van der Waals surface area contributed by atoms with E-state index >= 15 is 0 Å². The zero-order valence-corrected chi connectivity index (χ0v) is 18.0. The first-order valence-corrected chi connectivity index (χ1v) is 10.3. The third-order valence-corrected chi connectivity index (χ3v) is 6.01. The average molecular weight is 431 g/mol. The second kappa shape index (κ2) is 7.06. The molecule has 154 valence electrons. The zero-order valence-electron chi connectivity index (χ0n) is 17.3. The number of hydrogen-bond acceptors (Lipinski definition) is 4. The fourth-order valence-corrected chi connectivity index (χ4v) is 4.32. The van der Waals surface area contributed by atoms with Gasteiger partial charge in [-0.2, -0.15) is 0 Å². The lowest BCUT2D eigenvalue weighted by atomic mass is 9.97. The van der Waals surface area contributed by atoms with Gasteiger partial charge in [0.15, 0.2) is 5.43 Å². The number of carbonyl (C=O) groups is 1. The Morgan fingerprint density at radius 1 is 0.968 bits per heavy atom. The molecule has 1 aliphatic heterocycles. The first-order valence-electron chi connectivity index (χ1n) is 9.96. The van der Waals surface area contributed by atoms with Crippen molar-refractivity contribution in [1.29, 1.82) is 0 Å². The molecule has 0 saturated heterocycles. The SMILES string of the molecule is Cc1cccc(N2C(=O)c3oc4cc(C)c(C)cc4c(=O)c3C2c2cccc(Cl)c2)n1. The van der Waals surface area contributed by atoms with E-state index in [1.807, 2.05) is 51.1 Å². The Balaban J connectivity index is 1.85. The molecule has 1 atom stereocenters. The number of amides is 1. The van der Waals surface area contributed by atoms with Gasteiger partial charge in [0.1, 0.15) is 11.4 Å². The number of aromatic nitrogens is 1. The van der Waals surface area contributed by atoms with E-state index in [4.69, 9.17) is 16.0 Å². The van der Waals surface area contributed by atoms with Crippen LogP contribution >= 0.6 is 11.6 Å².